The second-order valence-electron chi connectivity index (χ2n) is 7.17. The van der Waals surface area contributed by atoms with Crippen LogP contribution in [0.15, 0.2) is 0 Å². The number of hydrogen-bond acceptors (Lipinski definition) is 3. The van der Waals surface area contributed by atoms with Gasteiger partial charge in [0, 0.05) is 36.7 Å². The molecule has 1 aromatic rings. The summed E-state index contributed by atoms with van der Waals surface area (Å²) in [5.74, 6) is 1.73. The number of nitrogens with one attached hydrogen (secondary N) is 1. The summed E-state index contributed by atoms with van der Waals surface area (Å²) in [5, 5.41) is 3.45. The van der Waals surface area contributed by atoms with Crippen LogP contribution in [0.1, 0.15) is 75.1 Å². The van der Waals surface area contributed by atoms with Crippen molar-refractivity contribution in [2.45, 2.75) is 71.8 Å². The highest BCUT2D eigenvalue weighted by Crippen LogP contribution is 2.41. The molecule has 20 heavy (non-hydrogen) atoms. The molecule has 3 heteroatoms. The maximum absolute atomic E-state index is 4.94. The molecule has 1 N–H and O–H groups in total. The fraction of sp³-hybridized carbons (Fsp3) is 0.765. The molecule has 0 bridgehead atoms. The van der Waals surface area contributed by atoms with Crippen LogP contribution in [0.3, 0.4) is 0 Å². The number of fused-ring (bicyclic) bond motifs is 1. The molecule has 1 aliphatic carbocycles. The highest BCUT2D eigenvalue weighted by molar-refractivity contribution is 5.29. The number of aromatic nitrogens is 2. The first-order valence-electron chi connectivity index (χ1n) is 8.18. The standard InChI is InChI=1S/C17H27N3/c1-4-14-13-11-18-10-7-15(13)20-16(19-14)12-5-8-17(2,3)9-6-12/h12,18H,4-11H2,1-3H3. The summed E-state index contributed by atoms with van der Waals surface area (Å²) in [7, 11) is 0. The molecule has 1 fully saturated rings. The van der Waals surface area contributed by atoms with Crippen molar-refractivity contribution in [3.8, 4) is 0 Å². The summed E-state index contributed by atoms with van der Waals surface area (Å²) < 4.78 is 0. The van der Waals surface area contributed by atoms with Crippen molar-refractivity contribution in [1.82, 2.24) is 15.3 Å². The Kier molecular flexibility index (Phi) is 3.80. The summed E-state index contributed by atoms with van der Waals surface area (Å²) in [6.07, 6.45) is 7.22. The second-order valence-corrected chi connectivity index (χ2v) is 7.17. The SMILES string of the molecule is CCc1nc(C2CCC(C)(C)CC2)nc2c1CNCC2. The van der Waals surface area contributed by atoms with Crippen LogP contribution in [0.4, 0.5) is 0 Å². The van der Waals surface area contributed by atoms with Crippen molar-refractivity contribution in [2.75, 3.05) is 6.54 Å². The van der Waals surface area contributed by atoms with Gasteiger partial charge in [-0.15, -0.1) is 0 Å². The van der Waals surface area contributed by atoms with Gasteiger partial charge in [0.2, 0.25) is 0 Å². The molecular weight excluding hydrogens is 246 g/mol. The zero-order chi connectivity index (χ0) is 14.2. The predicted octanol–water partition coefficient (Wildman–Crippen LogP) is 3.37. The van der Waals surface area contributed by atoms with Crippen molar-refractivity contribution in [3.05, 3.63) is 22.8 Å². The lowest BCUT2D eigenvalue weighted by atomic mass is 9.73. The molecule has 0 radical (unpaired) electrons. The number of aryl methyl sites for hydroxylation is 1. The lowest BCUT2D eigenvalue weighted by Crippen LogP contribution is -2.28. The minimum Gasteiger partial charge on any atom is -0.312 e. The number of nitrogens with zero attached hydrogens (tertiary/aromatic N) is 2. The Bertz CT molecular complexity index is 466. The molecular formula is C17H27N3. The van der Waals surface area contributed by atoms with E-state index in [0.29, 0.717) is 11.3 Å². The van der Waals surface area contributed by atoms with E-state index in [9.17, 15) is 0 Å². The number of hydrogen-bond donors (Lipinski definition) is 1. The Balaban J connectivity index is 1.87. The largest absolute Gasteiger partial charge is 0.312 e. The average Bonchev–Trinajstić information content (AvgIpc) is 2.46. The van der Waals surface area contributed by atoms with Crippen LogP contribution in [-0.4, -0.2) is 16.5 Å². The van der Waals surface area contributed by atoms with Gasteiger partial charge in [0.1, 0.15) is 5.82 Å². The monoisotopic (exact) mass is 273 g/mol. The van der Waals surface area contributed by atoms with Crippen LogP contribution in [0.2, 0.25) is 0 Å². The summed E-state index contributed by atoms with van der Waals surface area (Å²) in [6, 6.07) is 0. The van der Waals surface area contributed by atoms with Gasteiger partial charge in [0.15, 0.2) is 0 Å². The van der Waals surface area contributed by atoms with E-state index in [-0.39, 0.29) is 0 Å². The first kappa shape index (κ1) is 14.0. The van der Waals surface area contributed by atoms with Gasteiger partial charge in [-0.05, 0) is 37.5 Å². The lowest BCUT2D eigenvalue weighted by Gasteiger charge is -2.34. The van der Waals surface area contributed by atoms with Gasteiger partial charge in [0.25, 0.3) is 0 Å². The average molecular weight is 273 g/mol. The Morgan fingerprint density at radius 1 is 1.20 bits per heavy atom. The third-order valence-electron chi connectivity index (χ3n) is 5.08. The van der Waals surface area contributed by atoms with E-state index in [1.807, 2.05) is 0 Å². The van der Waals surface area contributed by atoms with Crippen molar-refractivity contribution in [1.29, 1.82) is 0 Å². The molecule has 0 aromatic carbocycles. The summed E-state index contributed by atoms with van der Waals surface area (Å²) in [5.41, 5.74) is 4.48. The van der Waals surface area contributed by atoms with E-state index in [0.717, 1.165) is 31.8 Å². The van der Waals surface area contributed by atoms with Crippen LogP contribution >= 0.6 is 0 Å². The van der Waals surface area contributed by atoms with E-state index in [1.165, 1.54) is 42.6 Å². The van der Waals surface area contributed by atoms with Crippen LogP contribution < -0.4 is 5.32 Å². The molecule has 110 valence electrons. The van der Waals surface area contributed by atoms with Crippen molar-refractivity contribution in [3.63, 3.8) is 0 Å². The summed E-state index contributed by atoms with van der Waals surface area (Å²) >= 11 is 0. The van der Waals surface area contributed by atoms with Gasteiger partial charge in [-0.3, -0.25) is 0 Å². The fourth-order valence-corrected chi connectivity index (χ4v) is 3.57. The lowest BCUT2D eigenvalue weighted by molar-refractivity contribution is 0.220. The first-order chi connectivity index (χ1) is 9.59. The molecule has 3 rings (SSSR count). The molecule has 3 nitrogen and oxygen atoms in total. The Labute approximate surface area is 122 Å². The van der Waals surface area contributed by atoms with Gasteiger partial charge in [-0.2, -0.15) is 0 Å². The third kappa shape index (κ3) is 2.73. The zero-order valence-corrected chi connectivity index (χ0v) is 13.1. The Hall–Kier alpha value is -0.960. The maximum atomic E-state index is 4.94. The van der Waals surface area contributed by atoms with Crippen LogP contribution in [0, 0.1) is 5.41 Å². The van der Waals surface area contributed by atoms with E-state index in [2.05, 4.69) is 26.1 Å². The molecule has 0 spiro atoms. The highest BCUT2D eigenvalue weighted by atomic mass is 15.0. The van der Waals surface area contributed by atoms with E-state index in [1.54, 1.807) is 0 Å². The van der Waals surface area contributed by atoms with Gasteiger partial charge < -0.3 is 5.32 Å². The molecule has 0 atom stereocenters. The Morgan fingerprint density at radius 3 is 2.65 bits per heavy atom. The third-order valence-corrected chi connectivity index (χ3v) is 5.08. The second kappa shape index (κ2) is 5.44. The van der Waals surface area contributed by atoms with Crippen LogP contribution in [-0.2, 0) is 19.4 Å². The van der Waals surface area contributed by atoms with E-state index < -0.39 is 0 Å². The zero-order valence-electron chi connectivity index (χ0n) is 13.1. The normalized spacial score (nSPS) is 22.6. The smallest absolute Gasteiger partial charge is 0.131 e. The van der Waals surface area contributed by atoms with Gasteiger partial charge >= 0.3 is 0 Å². The van der Waals surface area contributed by atoms with Crippen molar-refractivity contribution < 1.29 is 0 Å². The molecule has 1 aliphatic heterocycles. The molecule has 0 saturated heterocycles. The summed E-state index contributed by atoms with van der Waals surface area (Å²) in [6.45, 7) is 9.01. The van der Waals surface area contributed by atoms with Gasteiger partial charge in [-0.1, -0.05) is 20.8 Å². The van der Waals surface area contributed by atoms with E-state index in [4.69, 9.17) is 9.97 Å². The van der Waals surface area contributed by atoms with Gasteiger partial charge in [0.05, 0.1) is 5.69 Å². The minimum absolute atomic E-state index is 0.516. The molecule has 0 amide bonds. The topological polar surface area (TPSA) is 37.8 Å². The van der Waals surface area contributed by atoms with Crippen molar-refractivity contribution >= 4 is 0 Å². The minimum atomic E-state index is 0.516. The quantitative estimate of drug-likeness (QED) is 0.897. The summed E-state index contributed by atoms with van der Waals surface area (Å²) in [4.78, 5) is 9.87. The Morgan fingerprint density at radius 2 is 1.95 bits per heavy atom. The number of rotatable bonds is 2. The molecule has 0 unspecified atom stereocenters. The maximum Gasteiger partial charge on any atom is 0.131 e. The van der Waals surface area contributed by atoms with Crippen molar-refractivity contribution in [2.24, 2.45) is 5.41 Å². The highest BCUT2D eigenvalue weighted by Gasteiger charge is 2.30. The van der Waals surface area contributed by atoms with E-state index >= 15 is 0 Å². The predicted molar refractivity (Wildman–Crippen MR) is 81.8 cm³/mol. The van der Waals surface area contributed by atoms with Crippen LogP contribution in [0.25, 0.3) is 0 Å². The molecule has 1 aromatic heterocycles. The first-order valence-corrected chi connectivity index (χ1v) is 8.18. The van der Waals surface area contributed by atoms with Gasteiger partial charge in [-0.25, -0.2) is 9.97 Å². The molecule has 2 aliphatic rings. The fourth-order valence-electron chi connectivity index (χ4n) is 3.57. The molecule has 2 heterocycles. The van der Waals surface area contributed by atoms with Crippen LogP contribution in [0.5, 0.6) is 0 Å². The molecule has 1 saturated carbocycles.